The van der Waals surface area contributed by atoms with Crippen molar-refractivity contribution < 1.29 is 18.3 Å². The SMILES string of the molecule is COc1c(C2CNCCO2)ccc(F)c1F. The Hall–Kier alpha value is -1.20. The number of halogens is 2. The van der Waals surface area contributed by atoms with Crippen LogP contribution in [0.1, 0.15) is 11.7 Å². The molecule has 1 N–H and O–H groups in total. The molecule has 1 aliphatic heterocycles. The molecule has 1 aromatic rings. The third kappa shape index (κ3) is 2.01. The summed E-state index contributed by atoms with van der Waals surface area (Å²) in [4.78, 5) is 0. The molecule has 0 radical (unpaired) electrons. The van der Waals surface area contributed by atoms with Crippen LogP contribution in [0.4, 0.5) is 8.78 Å². The van der Waals surface area contributed by atoms with Gasteiger partial charge in [0, 0.05) is 18.7 Å². The van der Waals surface area contributed by atoms with Crippen LogP contribution in [-0.2, 0) is 4.74 Å². The van der Waals surface area contributed by atoms with Gasteiger partial charge in [0.1, 0.15) is 0 Å². The van der Waals surface area contributed by atoms with Crippen molar-refractivity contribution in [2.24, 2.45) is 0 Å². The molecule has 1 aromatic carbocycles. The van der Waals surface area contributed by atoms with Crippen molar-refractivity contribution in [2.75, 3.05) is 26.8 Å². The van der Waals surface area contributed by atoms with Crippen LogP contribution in [0.2, 0.25) is 0 Å². The first-order valence-corrected chi connectivity index (χ1v) is 5.08. The molecule has 1 saturated heterocycles. The van der Waals surface area contributed by atoms with Gasteiger partial charge in [0.15, 0.2) is 11.6 Å². The van der Waals surface area contributed by atoms with Crippen molar-refractivity contribution in [3.8, 4) is 5.75 Å². The van der Waals surface area contributed by atoms with Crippen LogP contribution in [0.15, 0.2) is 12.1 Å². The smallest absolute Gasteiger partial charge is 0.200 e. The molecule has 0 amide bonds. The van der Waals surface area contributed by atoms with Crippen molar-refractivity contribution in [1.82, 2.24) is 5.32 Å². The highest BCUT2D eigenvalue weighted by atomic mass is 19.2. The Labute approximate surface area is 92.4 Å². The highest BCUT2D eigenvalue weighted by Gasteiger charge is 2.23. The minimum absolute atomic E-state index is 0.0753. The average Bonchev–Trinajstić information content (AvgIpc) is 2.33. The van der Waals surface area contributed by atoms with Crippen molar-refractivity contribution >= 4 is 0 Å². The number of benzene rings is 1. The van der Waals surface area contributed by atoms with Gasteiger partial charge < -0.3 is 14.8 Å². The summed E-state index contributed by atoms with van der Waals surface area (Å²) in [7, 11) is 1.32. The van der Waals surface area contributed by atoms with Crippen molar-refractivity contribution in [3.63, 3.8) is 0 Å². The van der Waals surface area contributed by atoms with E-state index in [4.69, 9.17) is 9.47 Å². The number of methoxy groups -OCH3 is 1. The van der Waals surface area contributed by atoms with Crippen LogP contribution in [0, 0.1) is 11.6 Å². The van der Waals surface area contributed by atoms with Gasteiger partial charge in [0.25, 0.3) is 0 Å². The standard InChI is InChI=1S/C11H13F2NO2/c1-15-11-7(2-3-8(12)10(11)13)9-6-14-4-5-16-9/h2-3,9,14H,4-6H2,1H3. The van der Waals surface area contributed by atoms with Gasteiger partial charge in [-0.25, -0.2) is 4.39 Å². The number of morpholine rings is 1. The lowest BCUT2D eigenvalue weighted by atomic mass is 10.1. The third-order valence-electron chi connectivity index (χ3n) is 2.56. The van der Waals surface area contributed by atoms with E-state index in [0.29, 0.717) is 18.7 Å². The molecule has 1 aliphatic rings. The largest absolute Gasteiger partial charge is 0.493 e. The number of ether oxygens (including phenoxy) is 2. The number of rotatable bonds is 2. The van der Waals surface area contributed by atoms with Crippen LogP contribution >= 0.6 is 0 Å². The lowest BCUT2D eigenvalue weighted by Crippen LogP contribution is -2.33. The van der Waals surface area contributed by atoms with Gasteiger partial charge in [0.05, 0.1) is 19.8 Å². The minimum atomic E-state index is -0.964. The van der Waals surface area contributed by atoms with Gasteiger partial charge in [-0.1, -0.05) is 0 Å². The molecule has 2 rings (SSSR count). The second kappa shape index (κ2) is 4.76. The van der Waals surface area contributed by atoms with Gasteiger partial charge in [-0.05, 0) is 12.1 Å². The monoisotopic (exact) mass is 229 g/mol. The maximum atomic E-state index is 13.4. The zero-order valence-electron chi connectivity index (χ0n) is 8.93. The Kier molecular flexibility index (Phi) is 3.36. The highest BCUT2D eigenvalue weighted by molar-refractivity contribution is 5.37. The minimum Gasteiger partial charge on any atom is -0.493 e. The molecule has 88 valence electrons. The molecule has 16 heavy (non-hydrogen) atoms. The summed E-state index contributed by atoms with van der Waals surface area (Å²) in [5.41, 5.74) is 0.536. The second-order valence-corrected chi connectivity index (χ2v) is 3.55. The topological polar surface area (TPSA) is 30.5 Å². The number of hydrogen-bond acceptors (Lipinski definition) is 3. The lowest BCUT2D eigenvalue weighted by molar-refractivity contribution is 0.0258. The van der Waals surface area contributed by atoms with Gasteiger partial charge in [-0.2, -0.15) is 4.39 Å². The van der Waals surface area contributed by atoms with E-state index in [9.17, 15) is 8.78 Å². The number of nitrogens with one attached hydrogen (secondary N) is 1. The molecule has 1 unspecified atom stereocenters. The molecule has 0 bridgehead atoms. The van der Waals surface area contributed by atoms with E-state index in [0.717, 1.165) is 12.6 Å². The Morgan fingerprint density at radius 1 is 1.44 bits per heavy atom. The molecule has 0 spiro atoms. The van der Waals surface area contributed by atoms with Gasteiger partial charge in [-0.15, -0.1) is 0 Å². The molecule has 5 heteroatoms. The summed E-state index contributed by atoms with van der Waals surface area (Å²) in [5.74, 6) is -1.95. The fourth-order valence-corrected chi connectivity index (χ4v) is 1.77. The predicted octanol–water partition coefficient (Wildman–Crippen LogP) is 1.63. The third-order valence-corrected chi connectivity index (χ3v) is 2.56. The van der Waals surface area contributed by atoms with Crippen LogP contribution in [0.25, 0.3) is 0 Å². The van der Waals surface area contributed by atoms with Crippen LogP contribution < -0.4 is 10.1 Å². The summed E-state index contributed by atoms with van der Waals surface area (Å²) < 4.78 is 36.8. The summed E-state index contributed by atoms with van der Waals surface area (Å²) in [6.45, 7) is 1.89. The zero-order valence-corrected chi connectivity index (χ0v) is 8.93. The van der Waals surface area contributed by atoms with E-state index in [-0.39, 0.29) is 11.9 Å². The van der Waals surface area contributed by atoms with E-state index in [1.807, 2.05) is 0 Å². The van der Waals surface area contributed by atoms with E-state index in [2.05, 4.69) is 5.32 Å². The first kappa shape index (κ1) is 11.3. The first-order chi connectivity index (χ1) is 7.74. The van der Waals surface area contributed by atoms with E-state index in [1.165, 1.54) is 13.2 Å². The Bertz CT molecular complexity index is 378. The van der Waals surface area contributed by atoms with Crippen molar-refractivity contribution in [1.29, 1.82) is 0 Å². The molecule has 0 aromatic heterocycles. The lowest BCUT2D eigenvalue weighted by Gasteiger charge is -2.25. The fourth-order valence-electron chi connectivity index (χ4n) is 1.77. The Morgan fingerprint density at radius 3 is 2.88 bits per heavy atom. The Balaban J connectivity index is 2.35. The molecular formula is C11H13F2NO2. The zero-order chi connectivity index (χ0) is 11.5. The van der Waals surface area contributed by atoms with E-state index < -0.39 is 11.6 Å². The first-order valence-electron chi connectivity index (χ1n) is 5.08. The molecule has 1 fully saturated rings. The summed E-state index contributed by atoms with van der Waals surface area (Å²) in [5, 5.41) is 3.12. The average molecular weight is 229 g/mol. The normalized spacial score (nSPS) is 20.8. The molecule has 0 aliphatic carbocycles. The van der Waals surface area contributed by atoms with Crippen LogP contribution in [-0.4, -0.2) is 26.8 Å². The van der Waals surface area contributed by atoms with E-state index in [1.54, 1.807) is 0 Å². The molecule has 1 atom stereocenters. The van der Waals surface area contributed by atoms with Gasteiger partial charge in [-0.3, -0.25) is 0 Å². The summed E-state index contributed by atoms with van der Waals surface area (Å²) in [6, 6.07) is 2.58. The highest BCUT2D eigenvalue weighted by Crippen LogP contribution is 2.31. The second-order valence-electron chi connectivity index (χ2n) is 3.55. The molecule has 3 nitrogen and oxygen atoms in total. The van der Waals surface area contributed by atoms with Crippen molar-refractivity contribution in [3.05, 3.63) is 29.3 Å². The molecular weight excluding hydrogens is 216 g/mol. The molecule has 1 heterocycles. The summed E-state index contributed by atoms with van der Waals surface area (Å²) >= 11 is 0. The maximum absolute atomic E-state index is 13.4. The number of hydrogen-bond donors (Lipinski definition) is 1. The predicted molar refractivity (Wildman–Crippen MR) is 54.5 cm³/mol. The van der Waals surface area contributed by atoms with Gasteiger partial charge >= 0.3 is 0 Å². The van der Waals surface area contributed by atoms with Crippen LogP contribution in [0.3, 0.4) is 0 Å². The van der Waals surface area contributed by atoms with E-state index >= 15 is 0 Å². The quantitative estimate of drug-likeness (QED) is 0.836. The van der Waals surface area contributed by atoms with Gasteiger partial charge in [0.2, 0.25) is 5.82 Å². The Morgan fingerprint density at radius 2 is 2.25 bits per heavy atom. The van der Waals surface area contributed by atoms with Crippen LogP contribution in [0.5, 0.6) is 5.75 Å². The molecule has 0 saturated carbocycles. The van der Waals surface area contributed by atoms with Crippen molar-refractivity contribution in [2.45, 2.75) is 6.10 Å². The fraction of sp³-hybridized carbons (Fsp3) is 0.455. The maximum Gasteiger partial charge on any atom is 0.200 e. The summed E-state index contributed by atoms with van der Waals surface area (Å²) in [6.07, 6.45) is -0.293.